The Labute approximate surface area is 124 Å². The lowest BCUT2D eigenvalue weighted by atomic mass is 9.79. The Kier molecular flexibility index (Phi) is 3.56. The first kappa shape index (κ1) is 13.6. The fourth-order valence-electron chi connectivity index (χ4n) is 1.99. The third kappa shape index (κ3) is 2.47. The van der Waals surface area contributed by atoms with E-state index in [9.17, 15) is 9.41 Å². The number of aromatic nitrogens is 1. The largest absolute Gasteiger partial charge is 0.491 e. The number of pyridine rings is 1. The molecular weight excluding hydrogens is 305 g/mol. The van der Waals surface area contributed by atoms with E-state index in [1.807, 2.05) is 0 Å². The molecule has 0 spiro atoms. The van der Waals surface area contributed by atoms with Crippen molar-refractivity contribution >= 4 is 47.2 Å². The molecule has 1 aromatic carbocycles. The highest BCUT2D eigenvalue weighted by Crippen LogP contribution is 2.28. The highest BCUT2D eigenvalue weighted by atomic mass is 35.5. The van der Waals surface area contributed by atoms with Crippen molar-refractivity contribution in [2.45, 2.75) is 6.61 Å². The molecule has 1 aliphatic rings. The quantitative estimate of drug-likeness (QED) is 0.661. The normalized spacial score (nSPS) is 13.5. The van der Waals surface area contributed by atoms with Gasteiger partial charge in [0, 0.05) is 12.3 Å². The van der Waals surface area contributed by atoms with Gasteiger partial charge in [0.15, 0.2) is 0 Å². The second kappa shape index (κ2) is 5.22. The van der Waals surface area contributed by atoms with E-state index in [1.165, 1.54) is 24.4 Å². The molecule has 0 unspecified atom stereocenters. The van der Waals surface area contributed by atoms with Gasteiger partial charge in [-0.1, -0.05) is 23.2 Å². The number of hydrogen-bond acceptors (Lipinski definition) is 4. The summed E-state index contributed by atoms with van der Waals surface area (Å²) >= 11 is 11.7. The number of hydrogen-bond donors (Lipinski definition) is 2. The number of fused-ring (bicyclic) bond motifs is 1. The van der Waals surface area contributed by atoms with Crippen molar-refractivity contribution in [3.63, 3.8) is 0 Å². The Balaban J connectivity index is 1.99. The van der Waals surface area contributed by atoms with Crippen LogP contribution in [0.2, 0.25) is 10.2 Å². The minimum atomic E-state index is -1.04. The number of nitrogens with zero attached hydrogens (tertiary/aromatic N) is 1. The van der Waals surface area contributed by atoms with Gasteiger partial charge in [0.05, 0.1) is 23.0 Å². The molecule has 102 valence electrons. The van der Waals surface area contributed by atoms with Crippen molar-refractivity contribution in [3.05, 3.63) is 46.0 Å². The molecule has 0 aliphatic carbocycles. The second-order valence-electron chi connectivity index (χ2n) is 4.31. The third-order valence-electron chi connectivity index (χ3n) is 2.98. The van der Waals surface area contributed by atoms with Crippen LogP contribution in [-0.2, 0) is 11.3 Å². The molecule has 1 aromatic heterocycles. The minimum Gasteiger partial charge on any atom is -0.423 e. The highest BCUT2D eigenvalue weighted by Gasteiger charge is 2.28. The molecule has 0 bridgehead atoms. The number of benzene rings is 1. The first-order valence-corrected chi connectivity index (χ1v) is 6.50. The van der Waals surface area contributed by atoms with Gasteiger partial charge in [-0.25, -0.2) is 9.37 Å². The average Bonchev–Trinajstić information content (AvgIpc) is 2.75. The van der Waals surface area contributed by atoms with Crippen molar-refractivity contribution in [2.24, 2.45) is 0 Å². The summed E-state index contributed by atoms with van der Waals surface area (Å²) in [6.45, 7) is 0.190. The van der Waals surface area contributed by atoms with Crippen LogP contribution in [0.1, 0.15) is 5.56 Å². The first-order chi connectivity index (χ1) is 9.54. The van der Waals surface area contributed by atoms with Crippen LogP contribution in [-0.4, -0.2) is 17.1 Å². The molecule has 3 rings (SSSR count). The van der Waals surface area contributed by atoms with Crippen LogP contribution in [0, 0.1) is 5.82 Å². The molecule has 2 aromatic rings. The number of anilines is 2. The number of halogens is 3. The van der Waals surface area contributed by atoms with Crippen LogP contribution in [0.15, 0.2) is 24.4 Å². The maximum atomic E-state index is 14.0. The van der Waals surface area contributed by atoms with Gasteiger partial charge in [-0.2, -0.15) is 0 Å². The van der Waals surface area contributed by atoms with Gasteiger partial charge in [-0.05, 0) is 23.2 Å². The lowest BCUT2D eigenvalue weighted by molar-refractivity contribution is 0.275. The molecule has 0 saturated heterocycles. The Morgan fingerprint density at radius 1 is 1.30 bits per heavy atom. The second-order valence-corrected chi connectivity index (χ2v) is 5.10. The lowest BCUT2D eigenvalue weighted by Gasteiger charge is -2.11. The maximum Gasteiger partial charge on any atom is 0.491 e. The summed E-state index contributed by atoms with van der Waals surface area (Å²) in [4.78, 5) is 3.81. The predicted molar refractivity (Wildman–Crippen MR) is 76.3 cm³/mol. The summed E-state index contributed by atoms with van der Waals surface area (Å²) < 4.78 is 19.0. The molecule has 4 nitrogen and oxygen atoms in total. The minimum absolute atomic E-state index is 0.178. The van der Waals surface area contributed by atoms with Gasteiger partial charge in [-0.15, -0.1) is 0 Å². The molecule has 0 radical (unpaired) electrons. The molecule has 2 N–H and O–H groups in total. The van der Waals surface area contributed by atoms with Crippen LogP contribution in [0.4, 0.5) is 15.8 Å². The van der Waals surface area contributed by atoms with E-state index in [2.05, 4.69) is 10.3 Å². The monoisotopic (exact) mass is 312 g/mol. The molecule has 0 saturated carbocycles. The SMILES string of the molecule is OB1OCc2cc(F)c(Nc3cc(Cl)ncc3Cl)cc21. The van der Waals surface area contributed by atoms with Crippen LogP contribution < -0.4 is 10.8 Å². The highest BCUT2D eigenvalue weighted by molar-refractivity contribution is 6.61. The van der Waals surface area contributed by atoms with Crippen molar-refractivity contribution in [1.82, 2.24) is 4.98 Å². The Morgan fingerprint density at radius 3 is 2.90 bits per heavy atom. The van der Waals surface area contributed by atoms with Gasteiger partial charge in [0.25, 0.3) is 0 Å². The molecule has 20 heavy (non-hydrogen) atoms. The summed E-state index contributed by atoms with van der Waals surface area (Å²) in [6.07, 6.45) is 1.37. The maximum absolute atomic E-state index is 14.0. The Hall–Kier alpha value is -1.34. The Morgan fingerprint density at radius 2 is 2.10 bits per heavy atom. The molecule has 0 amide bonds. The Bertz CT molecular complexity index is 687. The van der Waals surface area contributed by atoms with Crippen molar-refractivity contribution in [1.29, 1.82) is 0 Å². The number of rotatable bonds is 2. The summed E-state index contributed by atoms with van der Waals surface area (Å²) in [6, 6.07) is 4.31. The van der Waals surface area contributed by atoms with Crippen LogP contribution in [0.25, 0.3) is 0 Å². The molecule has 1 aliphatic heterocycles. The molecular formula is C12H8BCl2FN2O2. The lowest BCUT2D eigenvalue weighted by Crippen LogP contribution is -2.28. The summed E-state index contributed by atoms with van der Waals surface area (Å²) in [5, 5.41) is 13.0. The van der Waals surface area contributed by atoms with E-state index in [1.54, 1.807) is 0 Å². The van der Waals surface area contributed by atoms with Gasteiger partial charge < -0.3 is 15.0 Å². The van der Waals surface area contributed by atoms with E-state index in [-0.39, 0.29) is 17.4 Å². The van der Waals surface area contributed by atoms with E-state index >= 15 is 0 Å². The zero-order valence-corrected chi connectivity index (χ0v) is 11.5. The predicted octanol–water partition coefficient (Wildman–Crippen LogP) is 2.49. The summed E-state index contributed by atoms with van der Waals surface area (Å²) in [7, 11) is -1.04. The van der Waals surface area contributed by atoms with Crippen LogP contribution in [0.5, 0.6) is 0 Å². The van der Waals surface area contributed by atoms with Crippen molar-refractivity contribution < 1.29 is 14.1 Å². The van der Waals surface area contributed by atoms with Gasteiger partial charge in [-0.3, -0.25) is 0 Å². The smallest absolute Gasteiger partial charge is 0.423 e. The zero-order chi connectivity index (χ0) is 14.3. The van der Waals surface area contributed by atoms with Gasteiger partial charge >= 0.3 is 7.12 Å². The summed E-state index contributed by atoms with van der Waals surface area (Å²) in [5.41, 5.74) is 1.76. The third-order valence-corrected chi connectivity index (χ3v) is 3.49. The van der Waals surface area contributed by atoms with Crippen LogP contribution >= 0.6 is 23.2 Å². The van der Waals surface area contributed by atoms with E-state index in [4.69, 9.17) is 27.9 Å². The van der Waals surface area contributed by atoms with Crippen molar-refractivity contribution in [2.75, 3.05) is 5.32 Å². The van der Waals surface area contributed by atoms with Gasteiger partial charge in [0.2, 0.25) is 0 Å². The first-order valence-electron chi connectivity index (χ1n) is 5.74. The van der Waals surface area contributed by atoms with Crippen LogP contribution in [0.3, 0.4) is 0 Å². The molecule has 0 fully saturated rings. The number of nitrogens with one attached hydrogen (secondary N) is 1. The average molecular weight is 313 g/mol. The summed E-state index contributed by atoms with van der Waals surface area (Å²) in [5.74, 6) is -0.467. The van der Waals surface area contributed by atoms with E-state index in [0.717, 1.165) is 0 Å². The zero-order valence-electron chi connectivity index (χ0n) is 10.0. The fourth-order valence-corrected chi connectivity index (χ4v) is 2.30. The van der Waals surface area contributed by atoms with E-state index < -0.39 is 12.9 Å². The van der Waals surface area contributed by atoms with Gasteiger partial charge in [0.1, 0.15) is 11.0 Å². The van der Waals surface area contributed by atoms with Crippen molar-refractivity contribution in [3.8, 4) is 0 Å². The molecule has 0 atom stereocenters. The topological polar surface area (TPSA) is 54.4 Å². The fraction of sp³-hybridized carbons (Fsp3) is 0.0833. The molecule has 2 heterocycles. The standard InChI is InChI=1S/C12H8BCl2FN2O2/c14-8-4-17-12(15)3-10(8)18-11-2-7-6(1-9(11)16)5-20-13(7)19/h1-4,19H,5H2,(H,17,18). The van der Waals surface area contributed by atoms with E-state index in [0.29, 0.717) is 21.7 Å². The molecule has 8 heteroatoms.